The zero-order valence-electron chi connectivity index (χ0n) is 9.93. The van der Waals surface area contributed by atoms with Gasteiger partial charge < -0.3 is 10.0 Å². The van der Waals surface area contributed by atoms with Crippen LogP contribution in [0.2, 0.25) is 0 Å². The van der Waals surface area contributed by atoms with Gasteiger partial charge >= 0.3 is 5.97 Å². The van der Waals surface area contributed by atoms with Crippen LogP contribution in [0.3, 0.4) is 0 Å². The molecule has 1 N–H and O–H groups in total. The SMILES string of the molecule is CCCN(CC(=O)O)C(=O)Cc1ccccc1. The van der Waals surface area contributed by atoms with Gasteiger partial charge in [-0.25, -0.2) is 0 Å². The van der Waals surface area contributed by atoms with Crippen LogP contribution in [0.25, 0.3) is 0 Å². The van der Waals surface area contributed by atoms with Crippen LogP contribution in [0, 0.1) is 0 Å². The number of rotatable bonds is 6. The monoisotopic (exact) mass is 235 g/mol. The van der Waals surface area contributed by atoms with E-state index in [4.69, 9.17) is 5.11 Å². The van der Waals surface area contributed by atoms with Crippen molar-refractivity contribution in [2.24, 2.45) is 0 Å². The number of carboxylic acid groups (broad SMARTS) is 1. The molecule has 0 aliphatic rings. The molecule has 0 aromatic heterocycles. The Balaban J connectivity index is 2.62. The zero-order valence-corrected chi connectivity index (χ0v) is 9.93. The van der Waals surface area contributed by atoms with E-state index in [9.17, 15) is 9.59 Å². The average Bonchev–Trinajstić information content (AvgIpc) is 2.29. The van der Waals surface area contributed by atoms with Gasteiger partial charge in [0, 0.05) is 6.54 Å². The average molecular weight is 235 g/mol. The van der Waals surface area contributed by atoms with Crippen molar-refractivity contribution in [3.05, 3.63) is 35.9 Å². The number of aliphatic carboxylic acids is 1. The van der Waals surface area contributed by atoms with Crippen LogP contribution < -0.4 is 0 Å². The highest BCUT2D eigenvalue weighted by molar-refractivity contribution is 5.82. The van der Waals surface area contributed by atoms with Crippen LogP contribution in [-0.4, -0.2) is 35.0 Å². The predicted octanol–water partition coefficient (Wildman–Crippen LogP) is 1.55. The first-order valence-electron chi connectivity index (χ1n) is 5.67. The van der Waals surface area contributed by atoms with Crippen molar-refractivity contribution in [3.63, 3.8) is 0 Å². The molecular weight excluding hydrogens is 218 g/mol. The smallest absolute Gasteiger partial charge is 0.323 e. The van der Waals surface area contributed by atoms with Crippen molar-refractivity contribution in [2.45, 2.75) is 19.8 Å². The minimum Gasteiger partial charge on any atom is -0.480 e. The largest absolute Gasteiger partial charge is 0.480 e. The van der Waals surface area contributed by atoms with Crippen LogP contribution in [0.1, 0.15) is 18.9 Å². The fraction of sp³-hybridized carbons (Fsp3) is 0.385. The van der Waals surface area contributed by atoms with E-state index in [-0.39, 0.29) is 18.9 Å². The number of benzene rings is 1. The highest BCUT2D eigenvalue weighted by Gasteiger charge is 2.15. The normalized spacial score (nSPS) is 9.94. The Kier molecular flexibility index (Phi) is 5.20. The second-order valence-corrected chi connectivity index (χ2v) is 3.87. The van der Waals surface area contributed by atoms with Crippen LogP contribution >= 0.6 is 0 Å². The zero-order chi connectivity index (χ0) is 12.7. The molecule has 0 heterocycles. The Morgan fingerprint density at radius 1 is 1.24 bits per heavy atom. The van der Waals surface area contributed by atoms with Crippen molar-refractivity contribution in [1.82, 2.24) is 4.90 Å². The minimum atomic E-state index is -0.972. The summed E-state index contributed by atoms with van der Waals surface area (Å²) in [6, 6.07) is 9.34. The number of hydrogen-bond donors (Lipinski definition) is 1. The van der Waals surface area contributed by atoms with E-state index >= 15 is 0 Å². The van der Waals surface area contributed by atoms with E-state index in [0.29, 0.717) is 6.54 Å². The second kappa shape index (κ2) is 6.68. The molecule has 4 heteroatoms. The van der Waals surface area contributed by atoms with Gasteiger partial charge in [0.1, 0.15) is 6.54 Å². The highest BCUT2D eigenvalue weighted by atomic mass is 16.4. The Bertz CT molecular complexity index is 376. The summed E-state index contributed by atoms with van der Waals surface area (Å²) in [5.74, 6) is -1.11. The third-order valence-electron chi connectivity index (χ3n) is 2.37. The van der Waals surface area contributed by atoms with Crippen LogP contribution in [-0.2, 0) is 16.0 Å². The summed E-state index contributed by atoms with van der Waals surface area (Å²) in [6.45, 7) is 2.18. The van der Waals surface area contributed by atoms with Gasteiger partial charge in [-0.15, -0.1) is 0 Å². The summed E-state index contributed by atoms with van der Waals surface area (Å²) in [4.78, 5) is 23.9. The van der Waals surface area contributed by atoms with Crippen LogP contribution in [0.4, 0.5) is 0 Å². The van der Waals surface area contributed by atoms with Gasteiger partial charge in [-0.3, -0.25) is 9.59 Å². The van der Waals surface area contributed by atoms with Gasteiger partial charge in [0.2, 0.25) is 5.91 Å². The molecule has 0 aliphatic carbocycles. The molecule has 0 atom stereocenters. The third kappa shape index (κ3) is 4.68. The molecular formula is C13H17NO3. The molecule has 1 amide bonds. The Morgan fingerprint density at radius 2 is 1.88 bits per heavy atom. The van der Waals surface area contributed by atoms with E-state index < -0.39 is 5.97 Å². The number of carboxylic acids is 1. The number of nitrogens with zero attached hydrogens (tertiary/aromatic N) is 1. The molecule has 0 bridgehead atoms. The molecule has 0 saturated carbocycles. The molecule has 0 aliphatic heterocycles. The highest BCUT2D eigenvalue weighted by Crippen LogP contribution is 2.03. The van der Waals surface area contributed by atoms with Crippen molar-refractivity contribution in [3.8, 4) is 0 Å². The third-order valence-corrected chi connectivity index (χ3v) is 2.37. The van der Waals surface area contributed by atoms with Gasteiger partial charge in [0.15, 0.2) is 0 Å². The van der Waals surface area contributed by atoms with Crippen LogP contribution in [0.15, 0.2) is 30.3 Å². The lowest BCUT2D eigenvalue weighted by atomic mass is 10.1. The van der Waals surface area contributed by atoms with Gasteiger partial charge in [0.25, 0.3) is 0 Å². The Labute approximate surface area is 101 Å². The molecule has 17 heavy (non-hydrogen) atoms. The maximum absolute atomic E-state index is 11.9. The van der Waals surface area contributed by atoms with Crippen LogP contribution in [0.5, 0.6) is 0 Å². The molecule has 1 aromatic carbocycles. The van der Waals surface area contributed by atoms with Gasteiger partial charge in [-0.1, -0.05) is 37.3 Å². The van der Waals surface area contributed by atoms with E-state index in [2.05, 4.69) is 0 Å². The molecule has 0 spiro atoms. The van der Waals surface area contributed by atoms with Crippen molar-refractivity contribution < 1.29 is 14.7 Å². The summed E-state index contributed by atoms with van der Waals surface area (Å²) in [7, 11) is 0. The van der Waals surface area contributed by atoms with Gasteiger partial charge in [0.05, 0.1) is 6.42 Å². The molecule has 1 rings (SSSR count). The summed E-state index contributed by atoms with van der Waals surface area (Å²) in [5, 5.41) is 8.73. The van der Waals surface area contributed by atoms with Gasteiger partial charge in [-0.2, -0.15) is 0 Å². The first kappa shape index (κ1) is 13.2. The number of hydrogen-bond acceptors (Lipinski definition) is 2. The van der Waals surface area contributed by atoms with Gasteiger partial charge in [-0.05, 0) is 12.0 Å². The summed E-state index contributed by atoms with van der Waals surface area (Å²) in [6.07, 6.45) is 1.02. The second-order valence-electron chi connectivity index (χ2n) is 3.87. The topological polar surface area (TPSA) is 57.6 Å². The maximum atomic E-state index is 11.9. The lowest BCUT2D eigenvalue weighted by Crippen LogP contribution is -2.37. The Hall–Kier alpha value is -1.84. The lowest BCUT2D eigenvalue weighted by molar-refractivity contribution is -0.144. The minimum absolute atomic E-state index is 0.138. The van der Waals surface area contributed by atoms with Crippen molar-refractivity contribution >= 4 is 11.9 Å². The molecule has 4 nitrogen and oxygen atoms in total. The predicted molar refractivity (Wildman–Crippen MR) is 64.7 cm³/mol. The number of carbonyl (C=O) groups is 2. The maximum Gasteiger partial charge on any atom is 0.323 e. The molecule has 0 radical (unpaired) electrons. The number of carbonyl (C=O) groups excluding carboxylic acids is 1. The first-order chi connectivity index (χ1) is 8.13. The van der Waals surface area contributed by atoms with Crippen molar-refractivity contribution in [2.75, 3.05) is 13.1 Å². The quantitative estimate of drug-likeness (QED) is 0.814. The molecule has 0 unspecified atom stereocenters. The summed E-state index contributed by atoms with van der Waals surface area (Å²) >= 11 is 0. The van der Waals surface area contributed by atoms with E-state index in [0.717, 1.165) is 12.0 Å². The standard InChI is InChI=1S/C13H17NO3/c1-2-8-14(10-13(16)17)12(15)9-11-6-4-3-5-7-11/h3-7H,2,8-10H2,1H3,(H,16,17). The molecule has 0 fully saturated rings. The fourth-order valence-corrected chi connectivity index (χ4v) is 1.61. The number of amides is 1. The lowest BCUT2D eigenvalue weighted by Gasteiger charge is -2.19. The molecule has 0 saturated heterocycles. The molecule has 1 aromatic rings. The van der Waals surface area contributed by atoms with E-state index in [1.54, 1.807) is 0 Å². The van der Waals surface area contributed by atoms with E-state index in [1.807, 2.05) is 37.3 Å². The Morgan fingerprint density at radius 3 is 2.41 bits per heavy atom. The summed E-state index contributed by atoms with van der Waals surface area (Å²) < 4.78 is 0. The van der Waals surface area contributed by atoms with E-state index in [1.165, 1.54) is 4.90 Å². The van der Waals surface area contributed by atoms with Crippen molar-refractivity contribution in [1.29, 1.82) is 0 Å². The molecule has 92 valence electrons. The summed E-state index contributed by atoms with van der Waals surface area (Å²) in [5.41, 5.74) is 0.906. The first-order valence-corrected chi connectivity index (χ1v) is 5.67. The fourth-order valence-electron chi connectivity index (χ4n) is 1.61.